The molecule has 1 aliphatic heterocycles. The Morgan fingerprint density at radius 2 is 1.79 bits per heavy atom. The summed E-state index contributed by atoms with van der Waals surface area (Å²) in [7, 11) is 0. The van der Waals surface area contributed by atoms with Crippen LogP contribution in [0.3, 0.4) is 0 Å². The summed E-state index contributed by atoms with van der Waals surface area (Å²) in [5, 5.41) is 5.18. The molecule has 7 nitrogen and oxygen atoms in total. The van der Waals surface area contributed by atoms with Crippen LogP contribution >= 0.6 is 15.9 Å². The highest BCUT2D eigenvalue weighted by Gasteiger charge is 2.35. The molecule has 1 aliphatic rings. The maximum atomic E-state index is 12.3. The Hall–Kier alpha value is -3.26. The highest BCUT2D eigenvalue weighted by molar-refractivity contribution is 9.10. The van der Waals surface area contributed by atoms with Crippen molar-refractivity contribution >= 4 is 45.2 Å². The van der Waals surface area contributed by atoms with Crippen molar-refractivity contribution in [3.8, 4) is 0 Å². The second-order valence-corrected chi connectivity index (χ2v) is 6.83. The van der Waals surface area contributed by atoms with Crippen LogP contribution in [0.15, 0.2) is 59.6 Å². The first-order chi connectivity index (χ1) is 13.4. The van der Waals surface area contributed by atoms with Gasteiger partial charge in [-0.2, -0.15) is 0 Å². The number of hydrogen-bond acceptors (Lipinski definition) is 4. The summed E-state index contributed by atoms with van der Waals surface area (Å²) < 4.78 is 0.723. The number of fused-ring (bicyclic) bond motifs is 1. The molecule has 3 rings (SSSR count). The van der Waals surface area contributed by atoms with Crippen molar-refractivity contribution in [2.45, 2.75) is 0 Å². The molecule has 4 amide bonds. The fourth-order valence-corrected chi connectivity index (χ4v) is 3.13. The molecule has 0 atom stereocenters. The van der Waals surface area contributed by atoms with Crippen LogP contribution in [-0.2, 0) is 4.79 Å². The van der Waals surface area contributed by atoms with Gasteiger partial charge in [-0.1, -0.05) is 18.2 Å². The average Bonchev–Trinajstić information content (AvgIpc) is 2.92. The molecule has 0 saturated heterocycles. The number of hydrogen-bond donors (Lipinski definition) is 2. The minimum absolute atomic E-state index is 0.100. The summed E-state index contributed by atoms with van der Waals surface area (Å²) in [5.74, 6) is -1.81. The third kappa shape index (κ3) is 3.86. The number of anilines is 1. The van der Waals surface area contributed by atoms with Gasteiger partial charge < -0.3 is 10.6 Å². The maximum Gasteiger partial charge on any atom is 0.261 e. The van der Waals surface area contributed by atoms with Gasteiger partial charge in [0.2, 0.25) is 5.91 Å². The number of carbonyl (C=O) groups is 4. The minimum Gasteiger partial charge on any atom is -0.343 e. The fourth-order valence-electron chi connectivity index (χ4n) is 2.75. The van der Waals surface area contributed by atoms with Gasteiger partial charge in [-0.05, 0) is 46.3 Å². The Morgan fingerprint density at radius 3 is 2.50 bits per heavy atom. The molecule has 0 bridgehead atoms. The van der Waals surface area contributed by atoms with E-state index in [9.17, 15) is 19.2 Å². The molecule has 1 heterocycles. The third-order valence-electron chi connectivity index (χ3n) is 4.10. The lowest BCUT2D eigenvalue weighted by atomic mass is 10.1. The van der Waals surface area contributed by atoms with Crippen LogP contribution in [0.2, 0.25) is 0 Å². The van der Waals surface area contributed by atoms with E-state index in [2.05, 4.69) is 33.1 Å². The lowest BCUT2D eigenvalue weighted by molar-refractivity contribution is -0.115. The summed E-state index contributed by atoms with van der Waals surface area (Å²) in [5.41, 5.74) is 1.19. The number of halogens is 1. The fraction of sp³-hybridized carbons (Fsp3) is 0.100. The van der Waals surface area contributed by atoms with E-state index in [1.54, 1.807) is 18.2 Å². The van der Waals surface area contributed by atoms with Gasteiger partial charge in [0.15, 0.2) is 0 Å². The molecule has 28 heavy (non-hydrogen) atoms. The summed E-state index contributed by atoms with van der Waals surface area (Å²) in [6, 6.07) is 11.3. The van der Waals surface area contributed by atoms with E-state index in [4.69, 9.17) is 0 Å². The third-order valence-corrected chi connectivity index (χ3v) is 4.79. The molecule has 0 saturated carbocycles. The zero-order valence-electron chi connectivity index (χ0n) is 14.7. The van der Waals surface area contributed by atoms with E-state index in [1.165, 1.54) is 24.3 Å². The van der Waals surface area contributed by atoms with Crippen molar-refractivity contribution in [2.75, 3.05) is 18.4 Å². The predicted molar refractivity (Wildman–Crippen MR) is 107 cm³/mol. The monoisotopic (exact) mass is 441 g/mol. The lowest BCUT2D eigenvalue weighted by Gasteiger charge is -2.09. The molecule has 8 heteroatoms. The number of benzene rings is 2. The van der Waals surface area contributed by atoms with Gasteiger partial charge in [0.05, 0.1) is 23.4 Å². The van der Waals surface area contributed by atoms with Crippen LogP contribution < -0.4 is 10.6 Å². The summed E-state index contributed by atoms with van der Waals surface area (Å²) in [6.45, 7) is 3.38. The van der Waals surface area contributed by atoms with E-state index in [0.717, 1.165) is 9.37 Å². The largest absolute Gasteiger partial charge is 0.343 e. The molecule has 2 N–H and O–H groups in total. The smallest absolute Gasteiger partial charge is 0.261 e. The molecule has 0 spiro atoms. The van der Waals surface area contributed by atoms with Gasteiger partial charge in [-0.25, -0.2) is 0 Å². The molecule has 0 fully saturated rings. The summed E-state index contributed by atoms with van der Waals surface area (Å²) >= 11 is 3.32. The normalized spacial score (nSPS) is 12.5. The van der Waals surface area contributed by atoms with Crippen molar-refractivity contribution in [3.63, 3.8) is 0 Å². The molecule has 0 aromatic heterocycles. The molecule has 0 unspecified atom stereocenters. The van der Waals surface area contributed by atoms with Gasteiger partial charge in [-0.3, -0.25) is 24.1 Å². The van der Waals surface area contributed by atoms with Crippen molar-refractivity contribution in [1.82, 2.24) is 10.2 Å². The van der Waals surface area contributed by atoms with Crippen molar-refractivity contribution in [1.29, 1.82) is 0 Å². The SMILES string of the molecule is C=CCN1C(=O)c2ccc(C(=O)NCC(=O)Nc3ccccc3Br)cc2C1=O. The van der Waals surface area contributed by atoms with Gasteiger partial charge in [-0.15, -0.1) is 6.58 Å². The number of amides is 4. The second kappa shape index (κ2) is 8.18. The first kappa shape index (κ1) is 19.5. The van der Waals surface area contributed by atoms with E-state index in [1.807, 2.05) is 6.07 Å². The van der Waals surface area contributed by atoms with Crippen LogP contribution in [0, 0.1) is 0 Å². The average molecular weight is 442 g/mol. The number of para-hydroxylation sites is 1. The van der Waals surface area contributed by atoms with Crippen LogP contribution in [0.4, 0.5) is 5.69 Å². The van der Waals surface area contributed by atoms with Gasteiger partial charge >= 0.3 is 0 Å². The van der Waals surface area contributed by atoms with Gasteiger partial charge in [0, 0.05) is 16.6 Å². The van der Waals surface area contributed by atoms with Gasteiger partial charge in [0.25, 0.3) is 17.7 Å². The van der Waals surface area contributed by atoms with Crippen molar-refractivity contribution in [3.05, 3.63) is 76.3 Å². The molecule has 0 radical (unpaired) electrons. The Kier molecular flexibility index (Phi) is 5.70. The van der Waals surface area contributed by atoms with Crippen LogP contribution in [0.5, 0.6) is 0 Å². The number of imide groups is 1. The highest BCUT2D eigenvalue weighted by Crippen LogP contribution is 2.24. The molecule has 142 valence electrons. The predicted octanol–water partition coefficient (Wildman–Crippen LogP) is 2.60. The Balaban J connectivity index is 1.65. The van der Waals surface area contributed by atoms with Crippen molar-refractivity contribution < 1.29 is 19.2 Å². The number of nitrogens with zero attached hydrogens (tertiary/aromatic N) is 1. The van der Waals surface area contributed by atoms with E-state index in [-0.39, 0.29) is 29.8 Å². The van der Waals surface area contributed by atoms with E-state index < -0.39 is 23.6 Å². The number of nitrogens with one attached hydrogen (secondary N) is 2. The zero-order valence-corrected chi connectivity index (χ0v) is 16.3. The van der Waals surface area contributed by atoms with E-state index >= 15 is 0 Å². The number of carbonyl (C=O) groups excluding carboxylic acids is 4. The first-order valence-corrected chi connectivity index (χ1v) is 9.15. The summed E-state index contributed by atoms with van der Waals surface area (Å²) in [6.07, 6.45) is 1.46. The van der Waals surface area contributed by atoms with Crippen LogP contribution in [-0.4, -0.2) is 41.6 Å². The maximum absolute atomic E-state index is 12.3. The molecule has 2 aromatic carbocycles. The molecular formula is C20H16BrN3O4. The van der Waals surface area contributed by atoms with Crippen LogP contribution in [0.25, 0.3) is 0 Å². The summed E-state index contributed by atoms with van der Waals surface area (Å²) in [4.78, 5) is 50.0. The number of rotatable bonds is 6. The minimum atomic E-state index is -0.521. The van der Waals surface area contributed by atoms with E-state index in [0.29, 0.717) is 5.69 Å². The Bertz CT molecular complexity index is 1000. The van der Waals surface area contributed by atoms with Crippen molar-refractivity contribution in [2.24, 2.45) is 0 Å². The molecule has 0 aliphatic carbocycles. The lowest BCUT2D eigenvalue weighted by Crippen LogP contribution is -2.33. The second-order valence-electron chi connectivity index (χ2n) is 5.98. The Labute approximate surface area is 169 Å². The topological polar surface area (TPSA) is 95.6 Å². The standard InChI is InChI=1S/C20H16BrN3O4/c1-2-9-24-19(27)13-8-7-12(10-14(13)20(24)28)18(26)22-11-17(25)23-16-6-4-3-5-15(16)21/h2-8,10H,1,9,11H2,(H,22,26)(H,23,25). The Morgan fingerprint density at radius 1 is 1.07 bits per heavy atom. The van der Waals surface area contributed by atoms with Crippen LogP contribution in [0.1, 0.15) is 31.1 Å². The zero-order chi connectivity index (χ0) is 20.3. The first-order valence-electron chi connectivity index (χ1n) is 8.36. The quantitative estimate of drug-likeness (QED) is 0.531. The molecule has 2 aromatic rings. The van der Waals surface area contributed by atoms with Gasteiger partial charge in [0.1, 0.15) is 0 Å². The highest BCUT2D eigenvalue weighted by atomic mass is 79.9. The molecular weight excluding hydrogens is 426 g/mol.